The van der Waals surface area contributed by atoms with Crippen molar-refractivity contribution < 1.29 is 9.59 Å². The molecule has 1 atom stereocenters. The summed E-state index contributed by atoms with van der Waals surface area (Å²) in [5.74, 6) is 0.244. The highest BCUT2D eigenvalue weighted by Gasteiger charge is 2.13. The van der Waals surface area contributed by atoms with Crippen LogP contribution in [-0.4, -0.2) is 39.3 Å². The number of hydrogen-bond donors (Lipinski definition) is 3. The Balaban J connectivity index is 2.26. The van der Waals surface area contributed by atoms with E-state index >= 15 is 0 Å². The van der Waals surface area contributed by atoms with Gasteiger partial charge in [0.2, 0.25) is 5.91 Å². The number of amides is 3. The summed E-state index contributed by atoms with van der Waals surface area (Å²) in [6, 6.07) is -1.35. The van der Waals surface area contributed by atoms with E-state index in [2.05, 4.69) is 15.4 Å². The molecule has 3 amide bonds. The van der Waals surface area contributed by atoms with Gasteiger partial charge in [-0.15, -0.1) is 0 Å². The molecule has 4 N–H and O–H groups in total. The number of aryl methyl sites for hydroxylation is 1. The third-order valence-electron chi connectivity index (χ3n) is 2.09. The number of nitrogens with one attached hydrogen (secondary N) is 2. The Morgan fingerprint density at radius 1 is 1.59 bits per heavy atom. The number of urea groups is 1. The van der Waals surface area contributed by atoms with Crippen molar-refractivity contribution in [3.8, 4) is 0 Å². The van der Waals surface area contributed by atoms with Crippen LogP contribution in [0.2, 0.25) is 0 Å². The zero-order valence-corrected chi connectivity index (χ0v) is 9.80. The molecule has 8 nitrogen and oxygen atoms in total. The van der Waals surface area contributed by atoms with Gasteiger partial charge in [0.25, 0.3) is 0 Å². The number of primary amides is 1. The van der Waals surface area contributed by atoms with Crippen LogP contribution in [0.3, 0.4) is 0 Å². The number of carbonyl (C=O) groups is 2. The van der Waals surface area contributed by atoms with Gasteiger partial charge >= 0.3 is 6.03 Å². The van der Waals surface area contributed by atoms with Crippen LogP contribution in [-0.2, 0) is 18.3 Å². The van der Waals surface area contributed by atoms with Gasteiger partial charge in [-0.2, -0.15) is 5.10 Å². The van der Waals surface area contributed by atoms with Gasteiger partial charge < -0.3 is 11.1 Å². The van der Waals surface area contributed by atoms with Gasteiger partial charge in [0.1, 0.15) is 6.33 Å². The second kappa shape index (κ2) is 5.94. The highest BCUT2D eigenvalue weighted by Crippen LogP contribution is 1.89. The fourth-order valence-electron chi connectivity index (χ4n) is 1.22. The van der Waals surface area contributed by atoms with Gasteiger partial charge in [-0.1, -0.05) is 0 Å². The summed E-state index contributed by atoms with van der Waals surface area (Å²) >= 11 is 0. The van der Waals surface area contributed by atoms with Crippen LogP contribution in [0.5, 0.6) is 0 Å². The van der Waals surface area contributed by atoms with Crippen LogP contribution < -0.4 is 16.4 Å². The van der Waals surface area contributed by atoms with E-state index < -0.39 is 18.0 Å². The number of carbonyl (C=O) groups excluding carboxylic acids is 2. The number of hydrogen-bond acceptors (Lipinski definition) is 5. The normalized spacial score (nSPS) is 12.1. The average Bonchev–Trinajstić information content (AvgIpc) is 2.63. The Labute approximate surface area is 98.6 Å². The number of nitrogens with zero attached hydrogens (tertiary/aromatic N) is 3. The van der Waals surface area contributed by atoms with Crippen molar-refractivity contribution in [1.29, 1.82) is 0 Å². The first-order valence-electron chi connectivity index (χ1n) is 5.17. The fourth-order valence-corrected chi connectivity index (χ4v) is 1.22. The van der Waals surface area contributed by atoms with Crippen molar-refractivity contribution in [2.24, 2.45) is 12.8 Å². The maximum atomic E-state index is 11.3. The highest BCUT2D eigenvalue weighted by molar-refractivity contribution is 5.96. The highest BCUT2D eigenvalue weighted by atomic mass is 16.2. The minimum Gasteiger partial charge on any atom is -0.351 e. The van der Waals surface area contributed by atoms with Crippen molar-refractivity contribution in [3.63, 3.8) is 0 Å². The monoisotopic (exact) mass is 240 g/mol. The van der Waals surface area contributed by atoms with E-state index in [0.29, 0.717) is 18.8 Å². The predicted octanol–water partition coefficient (Wildman–Crippen LogP) is -1.47. The van der Waals surface area contributed by atoms with Crippen LogP contribution in [0.25, 0.3) is 0 Å². The molecule has 0 aliphatic heterocycles. The summed E-state index contributed by atoms with van der Waals surface area (Å²) in [6.45, 7) is 2.18. The summed E-state index contributed by atoms with van der Waals surface area (Å²) in [7, 11) is 1.78. The molecule has 0 bridgehead atoms. The predicted molar refractivity (Wildman–Crippen MR) is 59.9 cm³/mol. The van der Waals surface area contributed by atoms with Crippen LogP contribution in [0.15, 0.2) is 6.33 Å². The minimum atomic E-state index is -0.852. The van der Waals surface area contributed by atoms with Gasteiger partial charge in [0, 0.05) is 20.0 Å². The summed E-state index contributed by atoms with van der Waals surface area (Å²) in [6.07, 6.45) is 2.22. The summed E-state index contributed by atoms with van der Waals surface area (Å²) in [5.41, 5.74) is 4.83. The number of imide groups is 1. The minimum absolute atomic E-state index is 0.452. The number of rotatable bonds is 5. The van der Waals surface area contributed by atoms with Crippen molar-refractivity contribution >= 4 is 11.9 Å². The Hall–Kier alpha value is -1.96. The lowest BCUT2D eigenvalue weighted by molar-refractivity contribution is -0.121. The molecule has 1 aromatic rings. The zero-order valence-electron chi connectivity index (χ0n) is 9.80. The van der Waals surface area contributed by atoms with E-state index in [-0.39, 0.29) is 0 Å². The summed E-state index contributed by atoms with van der Waals surface area (Å²) < 4.78 is 1.61. The molecule has 0 saturated carbocycles. The molecule has 0 aliphatic carbocycles. The molecule has 17 heavy (non-hydrogen) atoms. The van der Waals surface area contributed by atoms with E-state index in [1.165, 1.54) is 0 Å². The maximum Gasteiger partial charge on any atom is 0.318 e. The van der Waals surface area contributed by atoms with Crippen molar-refractivity contribution in [1.82, 2.24) is 25.4 Å². The SMILES string of the molecule is CC(NCCc1ncn(C)n1)C(=O)NC(N)=O. The first-order chi connectivity index (χ1) is 7.99. The molecule has 8 heteroatoms. The van der Waals surface area contributed by atoms with Crippen molar-refractivity contribution in [3.05, 3.63) is 12.2 Å². The smallest absolute Gasteiger partial charge is 0.318 e. The van der Waals surface area contributed by atoms with Crippen LogP contribution in [0.1, 0.15) is 12.7 Å². The van der Waals surface area contributed by atoms with Crippen LogP contribution in [0, 0.1) is 0 Å². The Kier molecular flexibility index (Phi) is 4.58. The fraction of sp³-hybridized carbons (Fsp3) is 0.556. The van der Waals surface area contributed by atoms with Crippen LogP contribution >= 0.6 is 0 Å². The van der Waals surface area contributed by atoms with E-state index in [1.807, 2.05) is 5.32 Å². The molecule has 1 heterocycles. The molecule has 1 rings (SSSR count). The van der Waals surface area contributed by atoms with Gasteiger partial charge in [0.15, 0.2) is 5.82 Å². The van der Waals surface area contributed by atoms with Crippen LogP contribution in [0.4, 0.5) is 4.79 Å². The molecule has 94 valence electrons. The van der Waals surface area contributed by atoms with Crippen molar-refractivity contribution in [2.45, 2.75) is 19.4 Å². The Bertz CT molecular complexity index is 402. The van der Waals surface area contributed by atoms with Gasteiger partial charge in [0.05, 0.1) is 6.04 Å². The van der Waals surface area contributed by atoms with E-state index in [0.717, 1.165) is 0 Å². The zero-order chi connectivity index (χ0) is 12.8. The molecular weight excluding hydrogens is 224 g/mol. The molecule has 0 aliphatic rings. The van der Waals surface area contributed by atoms with E-state index in [4.69, 9.17) is 5.73 Å². The lowest BCUT2D eigenvalue weighted by Gasteiger charge is -2.11. The summed E-state index contributed by atoms with van der Waals surface area (Å²) in [4.78, 5) is 25.8. The maximum absolute atomic E-state index is 11.3. The molecule has 0 aromatic carbocycles. The third kappa shape index (κ3) is 4.60. The molecule has 0 saturated heterocycles. The van der Waals surface area contributed by atoms with Gasteiger partial charge in [-0.25, -0.2) is 9.78 Å². The van der Waals surface area contributed by atoms with E-state index in [1.54, 1.807) is 25.0 Å². The van der Waals surface area contributed by atoms with Crippen molar-refractivity contribution in [2.75, 3.05) is 6.54 Å². The Morgan fingerprint density at radius 3 is 2.82 bits per heavy atom. The topological polar surface area (TPSA) is 115 Å². The second-order valence-electron chi connectivity index (χ2n) is 3.61. The molecule has 0 radical (unpaired) electrons. The first kappa shape index (κ1) is 13.1. The molecule has 0 spiro atoms. The summed E-state index contributed by atoms with van der Waals surface area (Å²) in [5, 5.41) is 9.03. The molecule has 0 fully saturated rings. The molecule has 1 aromatic heterocycles. The molecular formula is C9H16N6O2. The number of aromatic nitrogens is 3. The lowest BCUT2D eigenvalue weighted by Crippen LogP contribution is -2.46. The standard InChI is InChI=1S/C9H16N6O2/c1-6(8(16)13-9(10)17)11-4-3-7-12-5-15(2)14-7/h5-6,11H,3-4H2,1-2H3,(H3,10,13,16,17). The second-order valence-corrected chi connectivity index (χ2v) is 3.61. The third-order valence-corrected chi connectivity index (χ3v) is 2.09. The van der Waals surface area contributed by atoms with Gasteiger partial charge in [-0.3, -0.25) is 14.8 Å². The quantitative estimate of drug-likeness (QED) is 0.581. The first-order valence-corrected chi connectivity index (χ1v) is 5.17. The molecule has 1 unspecified atom stereocenters. The lowest BCUT2D eigenvalue weighted by atomic mass is 10.3. The number of nitrogens with two attached hydrogens (primary N) is 1. The largest absolute Gasteiger partial charge is 0.351 e. The van der Waals surface area contributed by atoms with Gasteiger partial charge in [-0.05, 0) is 6.92 Å². The van der Waals surface area contributed by atoms with E-state index in [9.17, 15) is 9.59 Å². The Morgan fingerprint density at radius 2 is 2.29 bits per heavy atom. The average molecular weight is 240 g/mol.